The lowest BCUT2D eigenvalue weighted by Crippen LogP contribution is -2.13. The van der Waals surface area contributed by atoms with Gasteiger partial charge in [-0.3, -0.25) is 5.41 Å². The number of ether oxygens (including phenoxy) is 1. The van der Waals surface area contributed by atoms with Crippen LogP contribution in [0.2, 0.25) is 5.02 Å². The third kappa shape index (κ3) is 3.22. The van der Waals surface area contributed by atoms with Gasteiger partial charge < -0.3 is 10.5 Å². The number of rotatable bonds is 4. The fourth-order valence-corrected chi connectivity index (χ4v) is 1.08. The maximum Gasteiger partial charge on any atom is 0.138 e. The number of hydrogen-bond acceptors (Lipinski definition) is 2. The maximum absolute atomic E-state index is 12.6. The van der Waals surface area contributed by atoms with E-state index in [1.165, 1.54) is 18.2 Å². The van der Waals surface area contributed by atoms with E-state index in [4.69, 9.17) is 27.5 Å². The highest BCUT2D eigenvalue weighted by atomic mass is 35.5. The molecule has 76 valence electrons. The first-order valence-corrected chi connectivity index (χ1v) is 4.38. The molecule has 0 fully saturated rings. The molecular weight excluding hydrogens is 207 g/mol. The molecule has 0 heterocycles. The van der Waals surface area contributed by atoms with Crippen molar-refractivity contribution in [3.8, 4) is 5.75 Å². The van der Waals surface area contributed by atoms with Gasteiger partial charge >= 0.3 is 0 Å². The number of halogens is 2. The van der Waals surface area contributed by atoms with Crippen molar-refractivity contribution in [2.45, 2.75) is 6.42 Å². The first-order chi connectivity index (χ1) is 6.59. The minimum atomic E-state index is -0.408. The maximum atomic E-state index is 12.6. The van der Waals surface area contributed by atoms with E-state index in [-0.39, 0.29) is 17.5 Å². The Kier molecular flexibility index (Phi) is 3.71. The Bertz CT molecular complexity index is 344. The highest BCUT2D eigenvalue weighted by Crippen LogP contribution is 2.24. The Hall–Kier alpha value is -1.29. The highest BCUT2D eigenvalue weighted by molar-refractivity contribution is 6.32. The molecule has 0 spiro atoms. The normalized spacial score (nSPS) is 9.86. The van der Waals surface area contributed by atoms with Gasteiger partial charge in [-0.25, -0.2) is 4.39 Å². The Morgan fingerprint density at radius 2 is 2.29 bits per heavy atom. The van der Waals surface area contributed by atoms with Crippen molar-refractivity contribution in [3.63, 3.8) is 0 Å². The summed E-state index contributed by atoms with van der Waals surface area (Å²) < 4.78 is 17.8. The van der Waals surface area contributed by atoms with E-state index in [2.05, 4.69) is 0 Å². The minimum Gasteiger partial charge on any atom is -0.492 e. The van der Waals surface area contributed by atoms with Crippen molar-refractivity contribution in [1.82, 2.24) is 0 Å². The molecule has 1 aromatic rings. The van der Waals surface area contributed by atoms with E-state index in [9.17, 15) is 4.39 Å². The molecule has 0 atom stereocenters. The molecule has 1 rings (SSSR count). The lowest BCUT2D eigenvalue weighted by molar-refractivity contribution is 0.328. The Balaban J connectivity index is 2.55. The quantitative estimate of drug-likeness (QED) is 0.599. The first-order valence-electron chi connectivity index (χ1n) is 4.00. The average Bonchev–Trinajstić information content (AvgIpc) is 2.08. The van der Waals surface area contributed by atoms with E-state index in [0.717, 1.165) is 0 Å². The van der Waals surface area contributed by atoms with Gasteiger partial charge in [-0.2, -0.15) is 0 Å². The van der Waals surface area contributed by atoms with Crippen LogP contribution in [0.15, 0.2) is 18.2 Å². The van der Waals surface area contributed by atoms with Crippen LogP contribution in [0.4, 0.5) is 4.39 Å². The monoisotopic (exact) mass is 216 g/mol. The zero-order valence-electron chi connectivity index (χ0n) is 7.39. The largest absolute Gasteiger partial charge is 0.492 e. The number of nitrogens with two attached hydrogens (primary N) is 1. The topological polar surface area (TPSA) is 59.1 Å². The molecule has 0 radical (unpaired) electrons. The second-order valence-electron chi connectivity index (χ2n) is 2.70. The Labute approximate surface area is 86.1 Å². The van der Waals surface area contributed by atoms with Crippen molar-refractivity contribution < 1.29 is 9.13 Å². The molecule has 0 amide bonds. The van der Waals surface area contributed by atoms with Crippen LogP contribution in [0.5, 0.6) is 5.75 Å². The molecule has 0 aromatic heterocycles. The molecule has 5 heteroatoms. The van der Waals surface area contributed by atoms with Crippen molar-refractivity contribution in [1.29, 1.82) is 5.41 Å². The second-order valence-corrected chi connectivity index (χ2v) is 3.11. The molecule has 0 aliphatic heterocycles. The summed E-state index contributed by atoms with van der Waals surface area (Å²) in [5.41, 5.74) is 5.13. The van der Waals surface area contributed by atoms with Crippen LogP contribution >= 0.6 is 11.6 Å². The molecule has 14 heavy (non-hydrogen) atoms. The van der Waals surface area contributed by atoms with Gasteiger partial charge in [0.2, 0.25) is 0 Å². The minimum absolute atomic E-state index is 0.0447. The molecule has 3 N–H and O–H groups in total. The fraction of sp³-hybridized carbons (Fsp3) is 0.222. The second kappa shape index (κ2) is 4.81. The van der Waals surface area contributed by atoms with Crippen LogP contribution in [-0.4, -0.2) is 12.4 Å². The van der Waals surface area contributed by atoms with Crippen LogP contribution in [0, 0.1) is 11.2 Å². The number of nitrogens with one attached hydrogen (secondary N) is 1. The summed E-state index contributed by atoms with van der Waals surface area (Å²) >= 11 is 5.69. The number of hydrogen-bond donors (Lipinski definition) is 2. The van der Waals surface area contributed by atoms with Crippen LogP contribution in [0.25, 0.3) is 0 Å². The lowest BCUT2D eigenvalue weighted by Gasteiger charge is -2.06. The summed E-state index contributed by atoms with van der Waals surface area (Å²) in [5, 5.41) is 7.17. The van der Waals surface area contributed by atoms with Gasteiger partial charge in [0.25, 0.3) is 0 Å². The predicted molar refractivity (Wildman–Crippen MR) is 53.4 cm³/mol. The molecule has 1 aromatic carbocycles. The third-order valence-corrected chi connectivity index (χ3v) is 1.82. The van der Waals surface area contributed by atoms with E-state index < -0.39 is 5.82 Å². The summed E-state index contributed by atoms with van der Waals surface area (Å²) in [7, 11) is 0. The highest BCUT2D eigenvalue weighted by Gasteiger charge is 2.02. The van der Waals surface area contributed by atoms with Crippen LogP contribution in [0.1, 0.15) is 6.42 Å². The Morgan fingerprint density at radius 1 is 1.57 bits per heavy atom. The molecule has 0 aliphatic carbocycles. The predicted octanol–water partition coefficient (Wildman–Crippen LogP) is 2.18. The third-order valence-electron chi connectivity index (χ3n) is 1.52. The van der Waals surface area contributed by atoms with Gasteiger partial charge in [-0.1, -0.05) is 11.6 Å². The van der Waals surface area contributed by atoms with Crippen molar-refractivity contribution in [2.24, 2.45) is 5.73 Å². The Morgan fingerprint density at radius 3 is 2.86 bits per heavy atom. The standard InChI is InChI=1S/C9H10ClFN2O/c10-7-5-6(11)1-2-8(7)14-4-3-9(12)13/h1-2,5H,3-4H2,(H3,12,13). The van der Waals surface area contributed by atoms with Crippen molar-refractivity contribution in [3.05, 3.63) is 29.0 Å². The number of benzene rings is 1. The smallest absolute Gasteiger partial charge is 0.138 e. The molecule has 0 saturated carbocycles. The lowest BCUT2D eigenvalue weighted by atomic mass is 10.3. The average molecular weight is 217 g/mol. The molecule has 3 nitrogen and oxygen atoms in total. The van der Waals surface area contributed by atoms with Crippen LogP contribution < -0.4 is 10.5 Å². The van der Waals surface area contributed by atoms with Gasteiger partial charge in [-0.05, 0) is 18.2 Å². The van der Waals surface area contributed by atoms with E-state index in [1.807, 2.05) is 0 Å². The molecule has 0 unspecified atom stereocenters. The van der Waals surface area contributed by atoms with Crippen molar-refractivity contribution >= 4 is 17.4 Å². The molecule has 0 bridgehead atoms. The molecule has 0 aliphatic rings. The van der Waals surface area contributed by atoms with E-state index in [1.54, 1.807) is 0 Å². The van der Waals surface area contributed by atoms with Crippen molar-refractivity contribution in [2.75, 3.05) is 6.61 Å². The van der Waals surface area contributed by atoms with Crippen LogP contribution in [0.3, 0.4) is 0 Å². The summed E-state index contributed by atoms with van der Waals surface area (Å²) in [4.78, 5) is 0. The fourth-order valence-electron chi connectivity index (χ4n) is 0.863. The summed E-state index contributed by atoms with van der Waals surface area (Å²) in [5.74, 6) is 0.0338. The summed E-state index contributed by atoms with van der Waals surface area (Å²) in [6, 6.07) is 3.87. The summed E-state index contributed by atoms with van der Waals surface area (Å²) in [6.45, 7) is 0.265. The zero-order valence-corrected chi connectivity index (χ0v) is 8.14. The molecule has 0 saturated heterocycles. The SMILES string of the molecule is N=C(N)CCOc1ccc(F)cc1Cl. The van der Waals surface area contributed by atoms with Crippen LogP contribution in [-0.2, 0) is 0 Å². The van der Waals surface area contributed by atoms with Gasteiger partial charge in [0.05, 0.1) is 17.5 Å². The first kappa shape index (κ1) is 10.8. The number of amidine groups is 1. The van der Waals surface area contributed by atoms with Gasteiger partial charge in [-0.15, -0.1) is 0 Å². The summed E-state index contributed by atoms with van der Waals surface area (Å²) in [6.07, 6.45) is 0.327. The molecular formula is C9H10ClFN2O. The van der Waals surface area contributed by atoms with Gasteiger partial charge in [0.15, 0.2) is 0 Å². The zero-order chi connectivity index (χ0) is 10.6. The van der Waals surface area contributed by atoms with E-state index >= 15 is 0 Å². The van der Waals surface area contributed by atoms with E-state index in [0.29, 0.717) is 12.2 Å². The van der Waals surface area contributed by atoms with Gasteiger partial charge in [0.1, 0.15) is 11.6 Å². The van der Waals surface area contributed by atoms with Gasteiger partial charge in [0, 0.05) is 6.42 Å².